The zero-order chi connectivity index (χ0) is 17.4. The molecule has 6 heteroatoms. The fraction of sp³-hybridized carbons (Fsp3) is 0.529. The summed E-state index contributed by atoms with van der Waals surface area (Å²) in [6.45, 7) is 5.80. The van der Waals surface area contributed by atoms with Crippen LogP contribution in [-0.4, -0.2) is 54.3 Å². The number of carbonyl (C=O) groups excluding carboxylic acids is 2. The fourth-order valence-electron chi connectivity index (χ4n) is 2.05. The molecule has 1 unspecified atom stereocenters. The third-order valence-electron chi connectivity index (χ3n) is 3.06. The Morgan fingerprint density at radius 3 is 2.26 bits per heavy atom. The summed E-state index contributed by atoms with van der Waals surface area (Å²) in [7, 11) is 1.30. The number of hydrogen-bond donors (Lipinski definition) is 1. The van der Waals surface area contributed by atoms with E-state index < -0.39 is 12.1 Å². The maximum Gasteiger partial charge on any atom is 0.307 e. The second-order valence-corrected chi connectivity index (χ2v) is 5.62. The number of methoxy groups -OCH3 is 1. The van der Waals surface area contributed by atoms with Crippen LogP contribution in [0.1, 0.15) is 37.6 Å². The lowest BCUT2D eigenvalue weighted by atomic mass is 10.1. The molecule has 0 heterocycles. The van der Waals surface area contributed by atoms with Gasteiger partial charge in [0.25, 0.3) is 5.91 Å². The van der Waals surface area contributed by atoms with Gasteiger partial charge in [-0.2, -0.15) is 0 Å². The molecule has 128 valence electrons. The van der Waals surface area contributed by atoms with Crippen molar-refractivity contribution in [3.63, 3.8) is 0 Å². The lowest BCUT2D eigenvalue weighted by molar-refractivity contribution is -0.140. The predicted molar refractivity (Wildman–Crippen MR) is 86.4 cm³/mol. The summed E-state index contributed by atoms with van der Waals surface area (Å²) in [6, 6.07) is 6.81. The van der Waals surface area contributed by atoms with Crippen molar-refractivity contribution < 1.29 is 24.2 Å². The van der Waals surface area contributed by atoms with Crippen molar-refractivity contribution in [3.8, 4) is 5.75 Å². The number of aliphatic hydroxyl groups excluding tert-OH is 1. The molecular weight excluding hydrogens is 298 g/mol. The smallest absolute Gasteiger partial charge is 0.307 e. The molecule has 1 rings (SSSR count). The molecule has 1 amide bonds. The van der Waals surface area contributed by atoms with Gasteiger partial charge in [-0.15, -0.1) is 0 Å². The number of rotatable bonds is 8. The number of aliphatic hydroxyl groups is 1. The molecule has 23 heavy (non-hydrogen) atoms. The van der Waals surface area contributed by atoms with E-state index in [1.807, 2.05) is 13.8 Å². The Labute approximate surface area is 137 Å². The third kappa shape index (κ3) is 6.69. The van der Waals surface area contributed by atoms with Crippen molar-refractivity contribution in [1.29, 1.82) is 0 Å². The van der Waals surface area contributed by atoms with E-state index in [0.29, 0.717) is 11.3 Å². The van der Waals surface area contributed by atoms with Crippen molar-refractivity contribution in [1.82, 2.24) is 4.90 Å². The van der Waals surface area contributed by atoms with E-state index in [4.69, 9.17) is 4.74 Å². The van der Waals surface area contributed by atoms with Crippen molar-refractivity contribution in [3.05, 3.63) is 29.8 Å². The number of hydrogen-bond acceptors (Lipinski definition) is 5. The van der Waals surface area contributed by atoms with Gasteiger partial charge < -0.3 is 19.5 Å². The first-order valence-corrected chi connectivity index (χ1v) is 7.64. The Morgan fingerprint density at radius 1 is 1.17 bits per heavy atom. The molecule has 0 fully saturated rings. The van der Waals surface area contributed by atoms with Gasteiger partial charge in [-0.05, 0) is 45.0 Å². The number of nitrogens with zero attached hydrogens (tertiary/aromatic N) is 1. The molecule has 1 atom stereocenters. The maximum absolute atomic E-state index is 12.5. The second kappa shape index (κ2) is 9.15. The van der Waals surface area contributed by atoms with E-state index in [1.165, 1.54) is 12.0 Å². The molecule has 0 saturated heterocycles. The Morgan fingerprint density at radius 2 is 1.78 bits per heavy atom. The molecule has 0 aliphatic heterocycles. The van der Waals surface area contributed by atoms with Crippen molar-refractivity contribution in [2.75, 3.05) is 20.2 Å². The molecular formula is C17H25NO5. The van der Waals surface area contributed by atoms with Crippen molar-refractivity contribution in [2.24, 2.45) is 0 Å². The largest absolute Gasteiger partial charge is 0.491 e. The van der Waals surface area contributed by atoms with Gasteiger partial charge in [0.1, 0.15) is 5.75 Å². The van der Waals surface area contributed by atoms with Gasteiger partial charge in [-0.1, -0.05) is 0 Å². The van der Waals surface area contributed by atoms with Crippen LogP contribution in [0.15, 0.2) is 24.3 Å². The number of ether oxygens (including phenoxy) is 2. The van der Waals surface area contributed by atoms with Gasteiger partial charge in [-0.25, -0.2) is 0 Å². The van der Waals surface area contributed by atoms with Crippen LogP contribution in [0.5, 0.6) is 5.75 Å². The first-order valence-electron chi connectivity index (χ1n) is 7.64. The highest BCUT2D eigenvalue weighted by Crippen LogP contribution is 2.15. The summed E-state index contributed by atoms with van der Waals surface area (Å²) in [5.41, 5.74) is 0.478. The average Bonchev–Trinajstić information content (AvgIpc) is 2.50. The van der Waals surface area contributed by atoms with E-state index in [9.17, 15) is 14.7 Å². The minimum atomic E-state index is -0.680. The van der Waals surface area contributed by atoms with E-state index in [-0.39, 0.29) is 31.5 Å². The van der Waals surface area contributed by atoms with E-state index in [0.717, 1.165) is 0 Å². The normalized spacial score (nSPS) is 11.9. The molecule has 0 saturated carbocycles. The van der Waals surface area contributed by atoms with Crippen LogP contribution < -0.4 is 4.74 Å². The molecule has 0 aliphatic rings. The van der Waals surface area contributed by atoms with Crippen LogP contribution >= 0.6 is 0 Å². The maximum atomic E-state index is 12.5. The van der Waals surface area contributed by atoms with Gasteiger partial charge in [0, 0.05) is 18.7 Å². The highest BCUT2D eigenvalue weighted by Gasteiger charge is 2.19. The first kappa shape index (κ1) is 19.0. The Balaban J connectivity index is 2.80. The van der Waals surface area contributed by atoms with Crippen LogP contribution in [0, 0.1) is 0 Å². The Hall–Kier alpha value is -2.08. The quantitative estimate of drug-likeness (QED) is 0.739. The monoisotopic (exact) mass is 323 g/mol. The van der Waals surface area contributed by atoms with E-state index in [1.54, 1.807) is 31.2 Å². The summed E-state index contributed by atoms with van der Waals surface area (Å²) in [4.78, 5) is 25.3. The van der Waals surface area contributed by atoms with Crippen LogP contribution in [0.2, 0.25) is 0 Å². The Bertz CT molecular complexity index is 510. The number of benzene rings is 1. The predicted octanol–water partition coefficient (Wildman–Crippen LogP) is 1.86. The minimum Gasteiger partial charge on any atom is -0.491 e. The number of esters is 1. The van der Waals surface area contributed by atoms with Crippen LogP contribution in [0.3, 0.4) is 0 Å². The zero-order valence-corrected chi connectivity index (χ0v) is 14.1. The lowest BCUT2D eigenvalue weighted by Gasteiger charge is -2.24. The van der Waals surface area contributed by atoms with Gasteiger partial charge in [0.05, 0.1) is 25.7 Å². The molecule has 0 spiro atoms. The van der Waals surface area contributed by atoms with E-state index in [2.05, 4.69) is 4.74 Å². The molecule has 6 nitrogen and oxygen atoms in total. The summed E-state index contributed by atoms with van der Waals surface area (Å²) < 4.78 is 10.1. The standard InChI is InChI=1S/C17H25NO5/c1-12(2)23-15-7-5-14(6-8-15)17(21)18(11-13(3)19)10-9-16(20)22-4/h5-8,12-13,19H,9-11H2,1-4H3. The first-order chi connectivity index (χ1) is 10.8. The number of amides is 1. The summed E-state index contributed by atoms with van der Waals surface area (Å²) in [5.74, 6) is 0.0492. The minimum absolute atomic E-state index is 0.0587. The summed E-state index contributed by atoms with van der Waals surface area (Å²) in [6.07, 6.45) is -0.535. The van der Waals surface area contributed by atoms with Crippen LogP contribution in [-0.2, 0) is 9.53 Å². The zero-order valence-electron chi connectivity index (χ0n) is 14.1. The van der Waals surface area contributed by atoms with Gasteiger partial charge in [0.15, 0.2) is 0 Å². The highest BCUT2D eigenvalue weighted by molar-refractivity contribution is 5.94. The summed E-state index contributed by atoms with van der Waals surface area (Å²) in [5, 5.41) is 9.55. The van der Waals surface area contributed by atoms with Crippen molar-refractivity contribution >= 4 is 11.9 Å². The topological polar surface area (TPSA) is 76.1 Å². The fourth-order valence-corrected chi connectivity index (χ4v) is 2.05. The van der Waals surface area contributed by atoms with Gasteiger partial charge in [0.2, 0.25) is 0 Å². The molecule has 0 aliphatic carbocycles. The highest BCUT2D eigenvalue weighted by atomic mass is 16.5. The second-order valence-electron chi connectivity index (χ2n) is 5.62. The molecule has 1 aromatic carbocycles. The Kier molecular flexibility index (Phi) is 7.54. The number of carbonyl (C=O) groups is 2. The molecule has 0 radical (unpaired) electrons. The van der Waals surface area contributed by atoms with Crippen molar-refractivity contribution in [2.45, 2.75) is 39.4 Å². The molecule has 1 aromatic rings. The molecule has 1 N–H and O–H groups in total. The lowest BCUT2D eigenvalue weighted by Crippen LogP contribution is -2.38. The SMILES string of the molecule is COC(=O)CCN(CC(C)O)C(=O)c1ccc(OC(C)C)cc1. The van der Waals surface area contributed by atoms with Crippen LogP contribution in [0.4, 0.5) is 0 Å². The van der Waals surface area contributed by atoms with Gasteiger partial charge >= 0.3 is 5.97 Å². The summed E-state index contributed by atoms with van der Waals surface area (Å²) >= 11 is 0. The van der Waals surface area contributed by atoms with E-state index >= 15 is 0 Å². The van der Waals surface area contributed by atoms with Crippen LogP contribution in [0.25, 0.3) is 0 Å². The van der Waals surface area contributed by atoms with Gasteiger partial charge in [-0.3, -0.25) is 9.59 Å². The third-order valence-corrected chi connectivity index (χ3v) is 3.06. The molecule has 0 bridgehead atoms. The average molecular weight is 323 g/mol. The molecule has 0 aromatic heterocycles.